The van der Waals surface area contributed by atoms with Crippen LogP contribution in [0, 0.1) is 21.4 Å². The summed E-state index contributed by atoms with van der Waals surface area (Å²) in [5.74, 6) is 1.22. The maximum absolute atomic E-state index is 12.0. The Morgan fingerprint density at radius 2 is 0.815 bits per heavy atom. The zero-order valence-corrected chi connectivity index (χ0v) is 43.9. The number of hydrogen-bond donors (Lipinski definition) is 1. The average Bonchev–Trinajstić information content (AvgIpc) is 3.12. The Labute approximate surface area is 405 Å². The molecule has 0 saturated carbocycles. The van der Waals surface area contributed by atoms with E-state index in [-0.39, 0.29) is 26.1 Å². The van der Waals surface area contributed by atoms with Crippen molar-refractivity contribution in [3.8, 4) is 11.5 Å². The van der Waals surface area contributed by atoms with Crippen LogP contribution in [0.25, 0.3) is 0 Å². The number of halogens is 6. The molecule has 7 nitrogen and oxygen atoms in total. The fourth-order valence-corrected chi connectivity index (χ4v) is 13.1. The lowest BCUT2D eigenvalue weighted by atomic mass is 10.1. The molecule has 0 aliphatic heterocycles. The van der Waals surface area contributed by atoms with Crippen LogP contribution in [0.2, 0.25) is 0 Å². The van der Waals surface area contributed by atoms with Crippen LogP contribution in [-0.2, 0) is 19.1 Å². The van der Waals surface area contributed by atoms with Crippen molar-refractivity contribution < 1.29 is 33.6 Å². The average molecular weight is 1420 g/mol. The van der Waals surface area contributed by atoms with E-state index >= 15 is 0 Å². The third-order valence-electron chi connectivity index (χ3n) is 8.22. The van der Waals surface area contributed by atoms with Gasteiger partial charge in [0.1, 0.15) is 30.8 Å². The van der Waals surface area contributed by atoms with E-state index in [1.54, 1.807) is 0 Å². The van der Waals surface area contributed by atoms with Crippen molar-refractivity contribution >= 4 is 147 Å². The fourth-order valence-electron chi connectivity index (χ4n) is 5.32. The first-order valence-electron chi connectivity index (χ1n) is 18.9. The van der Waals surface area contributed by atoms with E-state index < -0.39 is 18.0 Å². The number of ether oxygens (including phenoxy) is 4. The highest BCUT2D eigenvalue weighted by molar-refractivity contribution is 14.1. The van der Waals surface area contributed by atoms with Gasteiger partial charge in [0.05, 0.1) is 40.3 Å². The third kappa shape index (κ3) is 25.3. The van der Waals surface area contributed by atoms with Crippen molar-refractivity contribution in [1.29, 1.82) is 0 Å². The van der Waals surface area contributed by atoms with Gasteiger partial charge in [-0.1, -0.05) is 88.5 Å². The number of rotatable bonds is 30. The molecule has 0 spiro atoms. The second kappa shape index (κ2) is 32.6. The Kier molecular flexibility index (Phi) is 30.8. The first-order chi connectivity index (χ1) is 26.1. The van der Waals surface area contributed by atoms with Gasteiger partial charge in [-0.2, -0.15) is 0 Å². The molecule has 0 amide bonds. The minimum absolute atomic E-state index is 0.170. The number of aliphatic hydroxyl groups excluding tert-OH is 1. The number of unbranched alkanes of at least 4 members (excludes halogenated alkanes) is 14. The van der Waals surface area contributed by atoms with Crippen LogP contribution in [0.5, 0.6) is 11.5 Å². The third-order valence-corrected chi connectivity index (χ3v) is 12.7. The summed E-state index contributed by atoms with van der Waals surface area (Å²) in [6, 6.07) is 8.58. The second-order valence-electron chi connectivity index (χ2n) is 13.0. The van der Waals surface area contributed by atoms with Crippen molar-refractivity contribution in [3.05, 3.63) is 70.0 Å². The van der Waals surface area contributed by atoms with E-state index in [1.165, 1.54) is 85.6 Å². The molecule has 302 valence electrons. The smallest absolute Gasteiger partial charge is 0.309 e. The van der Waals surface area contributed by atoms with Gasteiger partial charge in [0.15, 0.2) is 0 Å². The van der Waals surface area contributed by atoms with Crippen LogP contribution < -0.4 is 9.47 Å². The van der Waals surface area contributed by atoms with Crippen molar-refractivity contribution in [2.75, 3.05) is 26.4 Å². The van der Waals surface area contributed by atoms with Crippen molar-refractivity contribution in [3.63, 3.8) is 0 Å². The van der Waals surface area contributed by atoms with Crippen molar-refractivity contribution in [1.82, 2.24) is 0 Å². The van der Waals surface area contributed by atoms with E-state index in [0.717, 1.165) is 63.2 Å². The topological polar surface area (TPSA) is 91.3 Å². The predicted octanol–water partition coefficient (Wildman–Crippen LogP) is 13.4. The molecule has 0 saturated heterocycles. The standard InChI is InChI=1S/C41H54I6O7/c42-31-25-34(44)40(35(45)26-31)51-23-19-15-11-7-3-1-5-9-13-17-21-38(49)53-29-33(48)30-54-39(50)22-18-14-10-6-2-4-8-12-16-20-24-52-41-36(46)27-32(43)28-37(41)47/h13-14,17-18,25-28,33,48H,1-12,15-16,19-24,29-30H2. The molecule has 2 aromatic rings. The van der Waals surface area contributed by atoms with E-state index in [9.17, 15) is 14.7 Å². The molecule has 0 atom stereocenters. The Hall–Kier alpha value is 0.800. The molecule has 0 heterocycles. The molecule has 2 rings (SSSR count). The summed E-state index contributed by atoms with van der Waals surface area (Å²) in [5, 5.41) is 10.0. The lowest BCUT2D eigenvalue weighted by Gasteiger charge is -2.11. The highest BCUT2D eigenvalue weighted by atomic mass is 127. The lowest BCUT2D eigenvalue weighted by molar-refractivity contribution is -0.151. The Balaban J connectivity index is 1.33. The molecule has 0 aromatic heterocycles. The molecule has 54 heavy (non-hydrogen) atoms. The molecule has 0 radical (unpaired) electrons. The second-order valence-corrected chi connectivity index (χ2v) is 20.1. The summed E-state index contributed by atoms with van der Waals surface area (Å²) < 4.78 is 29.4. The van der Waals surface area contributed by atoms with E-state index in [4.69, 9.17) is 18.9 Å². The van der Waals surface area contributed by atoms with Gasteiger partial charge in [-0.05, 0) is 198 Å². The molecule has 0 aliphatic carbocycles. The van der Waals surface area contributed by atoms with Crippen LogP contribution in [-0.4, -0.2) is 49.6 Å². The number of benzene rings is 2. The molecule has 0 fully saturated rings. The maximum Gasteiger partial charge on any atom is 0.309 e. The van der Waals surface area contributed by atoms with Gasteiger partial charge >= 0.3 is 11.9 Å². The fraction of sp³-hybridized carbons (Fsp3) is 0.561. The quantitative estimate of drug-likeness (QED) is 0.0361. The summed E-state index contributed by atoms with van der Waals surface area (Å²) in [4.78, 5) is 24.0. The largest absolute Gasteiger partial charge is 0.491 e. The van der Waals surface area contributed by atoms with Gasteiger partial charge in [-0.15, -0.1) is 0 Å². The van der Waals surface area contributed by atoms with Gasteiger partial charge in [0, 0.05) is 7.14 Å². The summed E-state index contributed by atoms with van der Waals surface area (Å²) in [5.41, 5.74) is 0. The SMILES string of the molecule is O=C(CC=CCCCCCCCCCOc1c(I)cc(I)cc1I)OCC(O)COC(=O)CC=CCCCCCCCCCOc1c(I)cc(I)cc1I. The van der Waals surface area contributed by atoms with Gasteiger partial charge in [0.2, 0.25) is 0 Å². The highest BCUT2D eigenvalue weighted by Crippen LogP contribution is 2.31. The Morgan fingerprint density at radius 3 is 1.17 bits per heavy atom. The van der Waals surface area contributed by atoms with Crippen molar-refractivity contribution in [2.45, 2.75) is 122 Å². The zero-order chi connectivity index (χ0) is 39.4. The minimum Gasteiger partial charge on any atom is -0.491 e. The maximum atomic E-state index is 12.0. The number of allylic oxidation sites excluding steroid dienone is 2. The number of aliphatic hydroxyl groups is 1. The van der Waals surface area contributed by atoms with Crippen molar-refractivity contribution in [2.24, 2.45) is 0 Å². The highest BCUT2D eigenvalue weighted by Gasteiger charge is 2.12. The van der Waals surface area contributed by atoms with Gasteiger partial charge in [0.25, 0.3) is 0 Å². The number of carbonyl (C=O) groups excluding carboxylic acids is 2. The van der Waals surface area contributed by atoms with Crippen LogP contribution in [0.3, 0.4) is 0 Å². The zero-order valence-electron chi connectivity index (χ0n) is 30.9. The van der Waals surface area contributed by atoms with Gasteiger partial charge in [-0.25, -0.2) is 0 Å². The van der Waals surface area contributed by atoms with E-state index in [0.29, 0.717) is 0 Å². The van der Waals surface area contributed by atoms with E-state index in [1.807, 2.05) is 24.3 Å². The van der Waals surface area contributed by atoms with Crippen LogP contribution in [0.15, 0.2) is 48.6 Å². The molecule has 0 unspecified atom stereocenters. The summed E-state index contributed by atoms with van der Waals surface area (Å²) in [7, 11) is 0. The molecule has 13 heteroatoms. The summed E-state index contributed by atoms with van der Waals surface area (Å²) in [6.45, 7) is 1.15. The number of hydrogen-bond acceptors (Lipinski definition) is 7. The number of carbonyl (C=O) groups is 2. The molecule has 0 aliphatic rings. The van der Waals surface area contributed by atoms with Gasteiger partial charge < -0.3 is 24.1 Å². The summed E-state index contributed by atoms with van der Waals surface area (Å²) >= 11 is 14.0. The van der Waals surface area contributed by atoms with Crippen LogP contribution in [0.4, 0.5) is 0 Å². The molecule has 0 bridgehead atoms. The Morgan fingerprint density at radius 1 is 0.500 bits per heavy atom. The van der Waals surface area contributed by atoms with Crippen LogP contribution >= 0.6 is 136 Å². The first kappa shape index (κ1) is 50.9. The Bertz CT molecular complexity index is 1280. The number of esters is 2. The van der Waals surface area contributed by atoms with Crippen LogP contribution in [0.1, 0.15) is 116 Å². The first-order valence-corrected chi connectivity index (χ1v) is 25.4. The normalized spacial score (nSPS) is 12.1. The molecular weight excluding hydrogens is 1370 g/mol. The molecule has 1 N–H and O–H groups in total. The minimum atomic E-state index is -1.03. The molecule has 2 aromatic carbocycles. The van der Waals surface area contributed by atoms with E-state index in [2.05, 4.69) is 160 Å². The lowest BCUT2D eigenvalue weighted by Crippen LogP contribution is -2.25. The summed E-state index contributed by atoms with van der Waals surface area (Å²) in [6.07, 6.45) is 25.3. The monoisotopic (exact) mass is 1420 g/mol. The molecular formula is C41H54I6O7. The predicted molar refractivity (Wildman–Crippen MR) is 269 cm³/mol. The van der Waals surface area contributed by atoms with Gasteiger partial charge in [-0.3, -0.25) is 9.59 Å².